The van der Waals surface area contributed by atoms with Crippen LogP contribution in [0.25, 0.3) is 0 Å². The molecule has 0 aromatic heterocycles. The van der Waals surface area contributed by atoms with E-state index in [0.29, 0.717) is 34.7 Å². The summed E-state index contributed by atoms with van der Waals surface area (Å²) in [6.45, 7) is 8.70. The fourth-order valence-electron chi connectivity index (χ4n) is 1.96. The van der Waals surface area contributed by atoms with Crippen LogP contribution in [0, 0.1) is 12.8 Å². The van der Waals surface area contributed by atoms with Crippen LogP contribution in [0.4, 0.5) is 5.69 Å². The van der Waals surface area contributed by atoms with E-state index in [1.807, 2.05) is 6.92 Å². The molecule has 0 spiro atoms. The zero-order valence-electron chi connectivity index (χ0n) is 12.5. The number of hydrogen-bond donors (Lipinski definition) is 1. The molecular formula is C14H23BrN2O2S. The molecule has 0 aliphatic heterocycles. The van der Waals surface area contributed by atoms with E-state index in [1.54, 1.807) is 19.1 Å². The van der Waals surface area contributed by atoms with Gasteiger partial charge >= 0.3 is 0 Å². The van der Waals surface area contributed by atoms with Crippen molar-refractivity contribution in [3.63, 3.8) is 0 Å². The zero-order valence-corrected chi connectivity index (χ0v) is 14.9. The summed E-state index contributed by atoms with van der Waals surface area (Å²) in [6.07, 6.45) is 0.950. The number of anilines is 1. The van der Waals surface area contributed by atoms with Crippen molar-refractivity contribution >= 4 is 31.6 Å². The SMILES string of the molecule is CCC(C)CN(CC)S(=O)(=O)c1cc(Br)cc(N)c1C. The second-order valence-corrected chi connectivity index (χ2v) is 7.91. The van der Waals surface area contributed by atoms with E-state index in [0.717, 1.165) is 6.42 Å². The van der Waals surface area contributed by atoms with Gasteiger partial charge in [0.1, 0.15) is 0 Å². The second-order valence-electron chi connectivity index (χ2n) is 5.09. The Morgan fingerprint density at radius 2 is 1.95 bits per heavy atom. The molecule has 1 unspecified atom stereocenters. The first-order chi connectivity index (χ1) is 9.23. The van der Waals surface area contributed by atoms with Crippen molar-refractivity contribution in [1.82, 2.24) is 4.31 Å². The molecule has 6 heteroatoms. The molecule has 0 saturated heterocycles. The minimum Gasteiger partial charge on any atom is -0.398 e. The quantitative estimate of drug-likeness (QED) is 0.788. The van der Waals surface area contributed by atoms with Gasteiger partial charge in [-0.1, -0.05) is 43.1 Å². The summed E-state index contributed by atoms with van der Waals surface area (Å²) in [5.74, 6) is 0.328. The Balaban J connectivity index is 3.27. The predicted octanol–water partition coefficient (Wildman–Crippen LogP) is 3.40. The van der Waals surface area contributed by atoms with Gasteiger partial charge in [-0.2, -0.15) is 4.31 Å². The molecule has 1 rings (SSSR count). The molecular weight excluding hydrogens is 340 g/mol. The molecule has 0 aliphatic carbocycles. The number of sulfonamides is 1. The molecule has 0 radical (unpaired) electrons. The molecule has 114 valence electrons. The van der Waals surface area contributed by atoms with Gasteiger partial charge in [0.2, 0.25) is 10.0 Å². The smallest absolute Gasteiger partial charge is 0.243 e. The summed E-state index contributed by atoms with van der Waals surface area (Å²) >= 11 is 3.31. The average molecular weight is 363 g/mol. The molecule has 0 amide bonds. The van der Waals surface area contributed by atoms with Gasteiger partial charge in [-0.05, 0) is 30.5 Å². The molecule has 1 aromatic rings. The van der Waals surface area contributed by atoms with Crippen LogP contribution >= 0.6 is 15.9 Å². The van der Waals surface area contributed by atoms with E-state index in [2.05, 4.69) is 29.8 Å². The third-order valence-corrected chi connectivity index (χ3v) is 6.07. The van der Waals surface area contributed by atoms with Gasteiger partial charge in [0, 0.05) is 23.2 Å². The Labute approximate surface area is 130 Å². The first-order valence-electron chi connectivity index (χ1n) is 6.79. The van der Waals surface area contributed by atoms with Crippen molar-refractivity contribution in [2.75, 3.05) is 18.8 Å². The Kier molecular flexibility index (Phi) is 6.04. The minimum absolute atomic E-state index is 0.287. The number of rotatable bonds is 6. The van der Waals surface area contributed by atoms with Gasteiger partial charge in [0.05, 0.1) is 4.90 Å². The Morgan fingerprint density at radius 3 is 2.45 bits per heavy atom. The van der Waals surface area contributed by atoms with Gasteiger partial charge in [0.25, 0.3) is 0 Å². The average Bonchev–Trinajstić information content (AvgIpc) is 2.39. The summed E-state index contributed by atoms with van der Waals surface area (Å²) in [6, 6.07) is 3.35. The van der Waals surface area contributed by atoms with Crippen molar-refractivity contribution in [1.29, 1.82) is 0 Å². The molecule has 4 nitrogen and oxygen atoms in total. The molecule has 2 N–H and O–H groups in total. The Hall–Kier alpha value is -0.590. The molecule has 20 heavy (non-hydrogen) atoms. The number of halogens is 1. The standard InChI is InChI=1S/C14H23BrN2O2S/c1-5-10(3)9-17(6-2)20(18,19)14-8-12(15)7-13(16)11(14)4/h7-8,10H,5-6,9,16H2,1-4H3. The van der Waals surface area contributed by atoms with Crippen LogP contribution in [0.2, 0.25) is 0 Å². The van der Waals surface area contributed by atoms with Crippen LogP contribution in [-0.2, 0) is 10.0 Å². The molecule has 1 aromatic carbocycles. The second kappa shape index (κ2) is 6.91. The van der Waals surface area contributed by atoms with Crippen molar-refractivity contribution in [3.05, 3.63) is 22.2 Å². The molecule has 0 aliphatic rings. The lowest BCUT2D eigenvalue weighted by molar-refractivity contribution is 0.361. The van der Waals surface area contributed by atoms with Crippen LogP contribution < -0.4 is 5.73 Å². The van der Waals surface area contributed by atoms with Gasteiger partial charge in [0.15, 0.2) is 0 Å². The largest absolute Gasteiger partial charge is 0.398 e. The number of benzene rings is 1. The number of nitrogens with two attached hydrogens (primary N) is 1. The minimum atomic E-state index is -3.51. The van der Waals surface area contributed by atoms with Crippen molar-refractivity contribution in [3.8, 4) is 0 Å². The Bertz CT molecular complexity index is 573. The van der Waals surface area contributed by atoms with E-state index in [9.17, 15) is 8.42 Å². The maximum atomic E-state index is 12.8. The normalized spacial score (nSPS) is 13.7. The predicted molar refractivity (Wildman–Crippen MR) is 87.2 cm³/mol. The highest BCUT2D eigenvalue weighted by molar-refractivity contribution is 9.10. The number of nitrogens with zero attached hydrogens (tertiary/aromatic N) is 1. The monoisotopic (exact) mass is 362 g/mol. The number of hydrogen-bond acceptors (Lipinski definition) is 3. The topological polar surface area (TPSA) is 63.4 Å². The summed E-state index contributed by atoms with van der Waals surface area (Å²) in [5.41, 5.74) is 6.97. The zero-order chi connectivity index (χ0) is 15.5. The fraction of sp³-hybridized carbons (Fsp3) is 0.571. The molecule has 0 heterocycles. The van der Waals surface area contributed by atoms with Crippen LogP contribution in [0.3, 0.4) is 0 Å². The molecule has 0 bridgehead atoms. The van der Waals surface area contributed by atoms with E-state index >= 15 is 0 Å². The third-order valence-electron chi connectivity index (χ3n) is 3.55. The lowest BCUT2D eigenvalue weighted by Crippen LogP contribution is -2.35. The fourth-order valence-corrected chi connectivity index (χ4v) is 4.43. The van der Waals surface area contributed by atoms with Crippen LogP contribution in [-0.4, -0.2) is 25.8 Å². The van der Waals surface area contributed by atoms with E-state index in [4.69, 9.17) is 5.73 Å². The van der Waals surface area contributed by atoms with Gasteiger partial charge in [-0.15, -0.1) is 0 Å². The lowest BCUT2D eigenvalue weighted by Gasteiger charge is -2.24. The first kappa shape index (κ1) is 17.5. The van der Waals surface area contributed by atoms with Crippen LogP contribution in [0.5, 0.6) is 0 Å². The van der Waals surface area contributed by atoms with Gasteiger partial charge in [-0.3, -0.25) is 0 Å². The van der Waals surface area contributed by atoms with Crippen LogP contribution in [0.1, 0.15) is 32.8 Å². The summed E-state index contributed by atoms with van der Waals surface area (Å²) in [5, 5.41) is 0. The summed E-state index contributed by atoms with van der Waals surface area (Å²) in [7, 11) is -3.51. The van der Waals surface area contributed by atoms with E-state index in [1.165, 1.54) is 4.31 Å². The van der Waals surface area contributed by atoms with E-state index < -0.39 is 10.0 Å². The van der Waals surface area contributed by atoms with Crippen LogP contribution in [0.15, 0.2) is 21.5 Å². The van der Waals surface area contributed by atoms with Crippen molar-refractivity contribution < 1.29 is 8.42 Å². The molecule has 1 atom stereocenters. The maximum absolute atomic E-state index is 12.8. The number of nitrogen functional groups attached to an aromatic ring is 1. The summed E-state index contributed by atoms with van der Waals surface area (Å²) < 4.78 is 27.8. The first-order valence-corrected chi connectivity index (χ1v) is 9.03. The van der Waals surface area contributed by atoms with Crippen molar-refractivity contribution in [2.24, 2.45) is 5.92 Å². The Morgan fingerprint density at radius 1 is 1.35 bits per heavy atom. The summed E-state index contributed by atoms with van der Waals surface area (Å²) in [4.78, 5) is 0.287. The van der Waals surface area contributed by atoms with Crippen molar-refractivity contribution in [2.45, 2.75) is 39.0 Å². The molecule has 0 fully saturated rings. The highest BCUT2D eigenvalue weighted by Crippen LogP contribution is 2.29. The molecule has 0 saturated carbocycles. The van der Waals surface area contributed by atoms with Gasteiger partial charge in [-0.25, -0.2) is 8.42 Å². The van der Waals surface area contributed by atoms with E-state index in [-0.39, 0.29) is 4.90 Å². The van der Waals surface area contributed by atoms with Gasteiger partial charge < -0.3 is 5.73 Å². The maximum Gasteiger partial charge on any atom is 0.243 e. The lowest BCUT2D eigenvalue weighted by atomic mass is 10.1. The third kappa shape index (κ3) is 3.74. The highest BCUT2D eigenvalue weighted by atomic mass is 79.9. The highest BCUT2D eigenvalue weighted by Gasteiger charge is 2.27.